The van der Waals surface area contributed by atoms with Crippen molar-refractivity contribution < 1.29 is 39.8 Å². The van der Waals surface area contributed by atoms with Crippen molar-refractivity contribution in [2.75, 3.05) is 13.2 Å². The molecule has 7 atom stereocenters. The quantitative estimate of drug-likeness (QED) is 0.0261. The topological polar surface area (TPSA) is 149 Å². The number of amides is 1. The number of unbranched alkanes of at least 4 members (excludes halogenated alkanes) is 37. The molecule has 7 unspecified atom stereocenters. The molecule has 1 amide bonds. The Morgan fingerprint density at radius 2 is 0.838 bits per heavy atom. The molecular weight excluding hydrogens is 923 g/mol. The fourth-order valence-corrected chi connectivity index (χ4v) is 10.2. The van der Waals surface area contributed by atoms with Crippen LogP contribution in [0, 0.1) is 0 Å². The van der Waals surface area contributed by atoms with E-state index >= 15 is 0 Å². The normalized spacial score (nSPS) is 19.3. The first-order chi connectivity index (χ1) is 36.3. The maximum absolute atomic E-state index is 13.0. The number of aliphatic hydroxyl groups is 5. The van der Waals surface area contributed by atoms with E-state index in [1.54, 1.807) is 0 Å². The molecule has 0 radical (unpaired) electrons. The molecule has 1 fully saturated rings. The zero-order valence-corrected chi connectivity index (χ0v) is 48.4. The second-order valence-electron chi connectivity index (χ2n) is 22.2. The molecule has 1 saturated heterocycles. The first kappa shape index (κ1) is 70.2. The Balaban J connectivity index is 1.97. The van der Waals surface area contributed by atoms with Gasteiger partial charge in [0.25, 0.3) is 0 Å². The van der Waals surface area contributed by atoms with E-state index in [2.05, 4.69) is 67.8 Å². The highest BCUT2D eigenvalue weighted by molar-refractivity contribution is 5.76. The lowest BCUT2D eigenvalue weighted by molar-refractivity contribution is -0.302. The Bertz CT molecular complexity index is 1300. The first-order valence-corrected chi connectivity index (χ1v) is 31.8. The summed E-state index contributed by atoms with van der Waals surface area (Å²) in [4.78, 5) is 13.0. The van der Waals surface area contributed by atoms with E-state index in [0.29, 0.717) is 12.8 Å². The summed E-state index contributed by atoms with van der Waals surface area (Å²) in [6.45, 7) is 3.72. The minimum atomic E-state index is -1.55. The van der Waals surface area contributed by atoms with Crippen molar-refractivity contribution in [3.05, 3.63) is 48.6 Å². The summed E-state index contributed by atoms with van der Waals surface area (Å²) >= 11 is 0. The molecule has 0 aromatic rings. The highest BCUT2D eigenvalue weighted by atomic mass is 16.7. The Kier molecular flexibility index (Phi) is 51.7. The van der Waals surface area contributed by atoms with Crippen LogP contribution >= 0.6 is 0 Å². The van der Waals surface area contributed by atoms with Crippen molar-refractivity contribution in [3.63, 3.8) is 0 Å². The van der Waals surface area contributed by atoms with Crippen LogP contribution in [0.5, 0.6) is 0 Å². The lowest BCUT2D eigenvalue weighted by Crippen LogP contribution is -2.60. The van der Waals surface area contributed by atoms with Crippen LogP contribution in [0.25, 0.3) is 0 Å². The molecule has 1 aliphatic rings. The van der Waals surface area contributed by atoms with Gasteiger partial charge in [0, 0.05) is 6.42 Å². The van der Waals surface area contributed by atoms with E-state index in [1.807, 2.05) is 0 Å². The zero-order chi connectivity index (χ0) is 53.6. The maximum atomic E-state index is 13.0. The minimum Gasteiger partial charge on any atom is -0.394 e. The van der Waals surface area contributed by atoms with Crippen LogP contribution < -0.4 is 5.32 Å². The minimum absolute atomic E-state index is 0.134. The number of nitrogens with one attached hydrogen (secondary N) is 1. The monoisotopic (exact) mass is 1040 g/mol. The van der Waals surface area contributed by atoms with Crippen LogP contribution in [0.4, 0.5) is 0 Å². The summed E-state index contributed by atoms with van der Waals surface area (Å²) in [7, 11) is 0. The van der Waals surface area contributed by atoms with Crippen LogP contribution in [-0.4, -0.2) is 87.5 Å². The second-order valence-corrected chi connectivity index (χ2v) is 22.2. The second kappa shape index (κ2) is 54.5. The van der Waals surface area contributed by atoms with Gasteiger partial charge in [-0.15, -0.1) is 0 Å². The number of rotatable bonds is 55. The van der Waals surface area contributed by atoms with Crippen molar-refractivity contribution in [3.8, 4) is 0 Å². The molecule has 1 aliphatic heterocycles. The Labute approximate surface area is 456 Å². The molecule has 0 aliphatic carbocycles. The van der Waals surface area contributed by atoms with Gasteiger partial charge in [-0.25, -0.2) is 0 Å². The number of carbonyl (C=O) groups excluding carboxylic acids is 1. The van der Waals surface area contributed by atoms with Gasteiger partial charge in [0.05, 0.1) is 25.4 Å². The van der Waals surface area contributed by atoms with Gasteiger partial charge in [0.1, 0.15) is 24.4 Å². The van der Waals surface area contributed by atoms with Gasteiger partial charge < -0.3 is 40.3 Å². The highest BCUT2D eigenvalue weighted by Gasteiger charge is 2.44. The summed E-state index contributed by atoms with van der Waals surface area (Å²) in [5.41, 5.74) is 0. The Morgan fingerprint density at radius 1 is 0.473 bits per heavy atom. The summed E-state index contributed by atoms with van der Waals surface area (Å²) in [5.74, 6) is -0.141. The fraction of sp³-hybridized carbons (Fsp3) is 0.862. The number of carbonyl (C=O) groups is 1. The van der Waals surface area contributed by atoms with Gasteiger partial charge in [-0.3, -0.25) is 4.79 Å². The molecule has 9 heteroatoms. The number of hydrogen-bond acceptors (Lipinski definition) is 8. The van der Waals surface area contributed by atoms with Crippen LogP contribution in [0.3, 0.4) is 0 Å². The smallest absolute Gasteiger partial charge is 0.220 e. The first-order valence-electron chi connectivity index (χ1n) is 31.8. The molecule has 1 rings (SSSR count). The highest BCUT2D eigenvalue weighted by Crippen LogP contribution is 2.23. The van der Waals surface area contributed by atoms with Crippen LogP contribution in [0.1, 0.15) is 303 Å². The number of aliphatic hydroxyl groups excluding tert-OH is 5. The van der Waals surface area contributed by atoms with Gasteiger partial charge in [-0.1, -0.05) is 294 Å². The molecule has 9 nitrogen and oxygen atoms in total. The predicted octanol–water partition coefficient (Wildman–Crippen LogP) is 16.5. The lowest BCUT2D eigenvalue weighted by Gasteiger charge is -2.40. The van der Waals surface area contributed by atoms with Crippen molar-refractivity contribution >= 4 is 5.91 Å². The van der Waals surface area contributed by atoms with E-state index in [0.717, 1.165) is 64.2 Å². The average molecular weight is 1040 g/mol. The number of hydrogen-bond donors (Lipinski definition) is 6. The Morgan fingerprint density at radius 3 is 1.24 bits per heavy atom. The largest absolute Gasteiger partial charge is 0.394 e. The molecule has 0 aromatic carbocycles. The average Bonchev–Trinajstić information content (AvgIpc) is 3.40. The molecular formula is C65H121NO8. The standard InChI is InChI=1S/C65H121NO8/c1-3-5-7-9-11-13-15-16-17-18-19-20-21-22-23-24-25-26-27-28-29-30-31-32-33-34-35-36-37-38-39-40-41-42-43-44-45-47-49-51-53-55-61(69)66-58(57-73-65-64(72)63(71)62(70)60(56-67)74-65)59(68)54-52-50-48-46-14-12-10-8-6-4-2/h5,7,11,13,16-17,19-20,58-60,62-65,67-68,70-72H,3-4,6,8-10,12,14-15,18,21-57H2,1-2H3,(H,66,69)/b7-5-,13-11-,17-16-,20-19-. The van der Waals surface area contributed by atoms with Crippen molar-refractivity contribution in [2.45, 2.75) is 346 Å². The van der Waals surface area contributed by atoms with Crippen LogP contribution in [0.15, 0.2) is 48.6 Å². The summed E-state index contributed by atoms with van der Waals surface area (Å²) in [6, 6.07) is -0.715. The molecule has 0 spiro atoms. The van der Waals surface area contributed by atoms with Crippen molar-refractivity contribution in [2.24, 2.45) is 0 Å². The summed E-state index contributed by atoms with van der Waals surface area (Å²) in [5, 5.41) is 54.5. The van der Waals surface area contributed by atoms with Gasteiger partial charge in [0.15, 0.2) is 6.29 Å². The summed E-state index contributed by atoms with van der Waals surface area (Å²) < 4.78 is 11.3. The van der Waals surface area contributed by atoms with E-state index < -0.39 is 49.5 Å². The van der Waals surface area contributed by atoms with Gasteiger partial charge in [-0.05, 0) is 51.4 Å². The van der Waals surface area contributed by atoms with E-state index in [9.17, 15) is 30.3 Å². The van der Waals surface area contributed by atoms with Crippen molar-refractivity contribution in [1.82, 2.24) is 5.32 Å². The van der Waals surface area contributed by atoms with Gasteiger partial charge in [0.2, 0.25) is 5.91 Å². The zero-order valence-electron chi connectivity index (χ0n) is 48.4. The summed E-state index contributed by atoms with van der Waals surface area (Å²) in [6.07, 6.45) is 66.3. The number of ether oxygens (including phenoxy) is 2. The third-order valence-corrected chi connectivity index (χ3v) is 15.2. The molecule has 434 valence electrons. The molecule has 0 saturated carbocycles. The molecule has 6 N–H and O–H groups in total. The van der Waals surface area contributed by atoms with Gasteiger partial charge >= 0.3 is 0 Å². The van der Waals surface area contributed by atoms with Crippen LogP contribution in [0.2, 0.25) is 0 Å². The van der Waals surface area contributed by atoms with E-state index in [-0.39, 0.29) is 12.5 Å². The van der Waals surface area contributed by atoms with Crippen molar-refractivity contribution in [1.29, 1.82) is 0 Å². The molecule has 74 heavy (non-hydrogen) atoms. The third kappa shape index (κ3) is 43.2. The lowest BCUT2D eigenvalue weighted by atomic mass is 9.99. The molecule has 1 heterocycles. The maximum Gasteiger partial charge on any atom is 0.220 e. The van der Waals surface area contributed by atoms with Crippen LogP contribution in [-0.2, 0) is 14.3 Å². The molecule has 0 bridgehead atoms. The number of allylic oxidation sites excluding steroid dienone is 8. The van der Waals surface area contributed by atoms with E-state index in [1.165, 1.54) is 212 Å². The SMILES string of the molecule is CC/C=C\C/C=C\C/C=C\C/C=C\CCCCCCCCCCCCCCCCCCCCCCCCCCCCCCC(=O)NC(COC1OC(CO)C(O)C(O)C1O)C(O)CCCCCCCCCCCC. The predicted molar refractivity (Wildman–Crippen MR) is 313 cm³/mol. The molecule has 0 aromatic heterocycles. The Hall–Kier alpha value is -1.85. The third-order valence-electron chi connectivity index (χ3n) is 15.2. The van der Waals surface area contributed by atoms with Gasteiger partial charge in [-0.2, -0.15) is 0 Å². The fourth-order valence-electron chi connectivity index (χ4n) is 10.2. The van der Waals surface area contributed by atoms with E-state index in [4.69, 9.17) is 9.47 Å².